The van der Waals surface area contributed by atoms with Gasteiger partial charge in [-0.2, -0.15) is 0 Å². The molecule has 220 valence electrons. The van der Waals surface area contributed by atoms with E-state index in [1.807, 2.05) is 36.4 Å². The van der Waals surface area contributed by atoms with Crippen molar-refractivity contribution in [3.63, 3.8) is 0 Å². The Hall–Kier alpha value is -6.39. The van der Waals surface area contributed by atoms with Crippen molar-refractivity contribution in [2.75, 3.05) is 0 Å². The minimum Gasteiger partial charge on any atom is -0.292 e. The molecule has 0 bridgehead atoms. The van der Waals surface area contributed by atoms with E-state index in [0.717, 1.165) is 72.4 Å². The predicted octanol–water partition coefficient (Wildman–Crippen LogP) is 10.8. The molecule has 0 atom stereocenters. The summed E-state index contributed by atoms with van der Waals surface area (Å²) in [6, 6.07) is 59.1. The maximum absolute atomic E-state index is 5.18. The first-order valence-corrected chi connectivity index (χ1v) is 15.8. The zero-order valence-electron chi connectivity index (χ0n) is 25.5. The van der Waals surface area contributed by atoms with Crippen molar-refractivity contribution in [3.05, 3.63) is 170 Å². The van der Waals surface area contributed by atoms with E-state index in [4.69, 9.17) is 15.0 Å². The van der Waals surface area contributed by atoms with E-state index in [2.05, 4.69) is 138 Å². The summed E-state index contributed by atoms with van der Waals surface area (Å²) in [6.45, 7) is 0. The van der Waals surface area contributed by atoms with Gasteiger partial charge in [0.25, 0.3) is 0 Å². The first-order chi connectivity index (χ1) is 23.3. The molecule has 0 spiro atoms. The summed E-state index contributed by atoms with van der Waals surface area (Å²) in [5, 5.41) is 2.28. The molecule has 0 aliphatic carbocycles. The van der Waals surface area contributed by atoms with Gasteiger partial charge >= 0.3 is 0 Å². The molecule has 0 aliphatic rings. The minimum absolute atomic E-state index is 0.703. The molecule has 0 saturated heterocycles. The van der Waals surface area contributed by atoms with Crippen LogP contribution in [0.2, 0.25) is 0 Å². The van der Waals surface area contributed by atoms with Gasteiger partial charge in [-0.05, 0) is 52.4 Å². The molecule has 0 amide bonds. The molecule has 4 heteroatoms. The number of hydrogen-bond donors (Lipinski definition) is 0. The summed E-state index contributed by atoms with van der Waals surface area (Å²) in [5.74, 6) is 0.703. The molecule has 9 aromatic rings. The van der Waals surface area contributed by atoms with Crippen molar-refractivity contribution in [2.24, 2.45) is 0 Å². The van der Waals surface area contributed by atoms with Gasteiger partial charge < -0.3 is 0 Å². The molecule has 0 saturated carbocycles. The Morgan fingerprint density at radius 2 is 1.00 bits per heavy atom. The maximum Gasteiger partial charge on any atom is 0.160 e. The van der Waals surface area contributed by atoms with Crippen LogP contribution >= 0.6 is 0 Å². The Morgan fingerprint density at radius 3 is 1.77 bits per heavy atom. The highest BCUT2D eigenvalue weighted by Crippen LogP contribution is 2.35. The van der Waals surface area contributed by atoms with Crippen molar-refractivity contribution < 1.29 is 0 Å². The lowest BCUT2D eigenvalue weighted by Gasteiger charge is -2.13. The second-order valence-corrected chi connectivity index (χ2v) is 11.7. The third kappa shape index (κ3) is 4.84. The summed E-state index contributed by atoms with van der Waals surface area (Å²) in [4.78, 5) is 15.3. The van der Waals surface area contributed by atoms with Gasteiger partial charge in [0.1, 0.15) is 5.65 Å². The topological polar surface area (TPSA) is 43.1 Å². The Balaban J connectivity index is 1.27. The highest BCUT2D eigenvalue weighted by atomic mass is 15.0. The largest absolute Gasteiger partial charge is 0.292 e. The van der Waals surface area contributed by atoms with Crippen molar-refractivity contribution >= 4 is 27.5 Å². The van der Waals surface area contributed by atoms with E-state index in [0.29, 0.717) is 5.82 Å². The Kier molecular flexibility index (Phi) is 6.43. The number of benzene rings is 6. The highest BCUT2D eigenvalue weighted by molar-refractivity contribution is 6.02. The quantitative estimate of drug-likeness (QED) is 0.197. The summed E-state index contributed by atoms with van der Waals surface area (Å²) < 4.78 is 2.31. The lowest BCUT2D eigenvalue weighted by atomic mass is 10.0. The summed E-state index contributed by atoms with van der Waals surface area (Å²) in [7, 11) is 0. The van der Waals surface area contributed by atoms with E-state index in [1.54, 1.807) is 0 Å². The number of aromatic nitrogens is 4. The summed E-state index contributed by atoms with van der Waals surface area (Å²) in [6.07, 6.45) is 0. The monoisotopic (exact) mass is 600 g/mol. The smallest absolute Gasteiger partial charge is 0.160 e. The van der Waals surface area contributed by atoms with Crippen LogP contribution in [-0.2, 0) is 0 Å². The average Bonchev–Trinajstić information content (AvgIpc) is 3.55. The van der Waals surface area contributed by atoms with Crippen LogP contribution in [0.15, 0.2) is 170 Å². The molecular weight excluding hydrogens is 573 g/mol. The van der Waals surface area contributed by atoms with Crippen LogP contribution in [0.25, 0.3) is 83.7 Å². The third-order valence-corrected chi connectivity index (χ3v) is 8.78. The second-order valence-electron chi connectivity index (χ2n) is 11.7. The molecule has 0 unspecified atom stereocenters. The van der Waals surface area contributed by atoms with Crippen LogP contribution in [0.3, 0.4) is 0 Å². The standard InChI is InChI=1S/C43H28N4/c1-4-13-29(14-5-1)32-23-24-37-41(26-32)47-40(27-33-19-10-11-22-36(33)43(47)46-37)35-21-12-20-34(25-35)39-28-38(30-15-6-2-7-16-30)44-42(45-39)31-17-8-3-9-18-31/h1-28H. The number of nitrogens with zero attached hydrogens (tertiary/aromatic N) is 4. The Bertz CT molecular complexity index is 2500. The van der Waals surface area contributed by atoms with E-state index < -0.39 is 0 Å². The molecule has 0 aliphatic heterocycles. The van der Waals surface area contributed by atoms with Gasteiger partial charge in [0, 0.05) is 22.1 Å². The second kappa shape index (κ2) is 11.2. The van der Waals surface area contributed by atoms with Gasteiger partial charge in [-0.3, -0.25) is 4.40 Å². The molecule has 3 aromatic heterocycles. The molecular formula is C43H28N4. The van der Waals surface area contributed by atoms with E-state index in [1.165, 1.54) is 5.56 Å². The van der Waals surface area contributed by atoms with E-state index in [-0.39, 0.29) is 0 Å². The van der Waals surface area contributed by atoms with Crippen LogP contribution in [0, 0.1) is 0 Å². The van der Waals surface area contributed by atoms with Crippen molar-refractivity contribution in [1.82, 2.24) is 19.4 Å². The minimum atomic E-state index is 0.703. The zero-order valence-corrected chi connectivity index (χ0v) is 25.5. The van der Waals surface area contributed by atoms with Crippen molar-refractivity contribution in [1.29, 1.82) is 0 Å². The third-order valence-electron chi connectivity index (χ3n) is 8.78. The number of fused-ring (bicyclic) bond motifs is 5. The van der Waals surface area contributed by atoms with E-state index in [9.17, 15) is 0 Å². The average molecular weight is 601 g/mol. The van der Waals surface area contributed by atoms with Crippen LogP contribution in [-0.4, -0.2) is 19.4 Å². The van der Waals surface area contributed by atoms with Gasteiger partial charge in [0.15, 0.2) is 5.82 Å². The van der Waals surface area contributed by atoms with Gasteiger partial charge in [0.05, 0.1) is 28.1 Å². The molecule has 6 aromatic carbocycles. The van der Waals surface area contributed by atoms with Crippen molar-refractivity contribution in [3.8, 4) is 56.3 Å². The normalized spacial score (nSPS) is 11.4. The van der Waals surface area contributed by atoms with Gasteiger partial charge in [-0.25, -0.2) is 15.0 Å². The fourth-order valence-corrected chi connectivity index (χ4v) is 6.47. The molecule has 4 nitrogen and oxygen atoms in total. The number of rotatable bonds is 5. The SMILES string of the molecule is c1ccc(-c2ccc3nc4c5ccccc5cc(-c5cccc(-c6cc(-c7ccccc7)nc(-c7ccccc7)n6)c5)n4c3c2)cc1. The number of hydrogen-bond acceptors (Lipinski definition) is 3. The lowest BCUT2D eigenvalue weighted by molar-refractivity contribution is 1.18. The van der Waals surface area contributed by atoms with Gasteiger partial charge in [-0.1, -0.05) is 140 Å². The van der Waals surface area contributed by atoms with Gasteiger partial charge in [-0.15, -0.1) is 0 Å². The molecule has 0 N–H and O–H groups in total. The lowest BCUT2D eigenvalue weighted by Crippen LogP contribution is -1.97. The van der Waals surface area contributed by atoms with Crippen molar-refractivity contribution in [2.45, 2.75) is 0 Å². The fraction of sp³-hybridized carbons (Fsp3) is 0. The fourth-order valence-electron chi connectivity index (χ4n) is 6.47. The molecule has 47 heavy (non-hydrogen) atoms. The van der Waals surface area contributed by atoms with E-state index >= 15 is 0 Å². The maximum atomic E-state index is 5.18. The Morgan fingerprint density at radius 1 is 0.383 bits per heavy atom. The van der Waals surface area contributed by atoms with Crippen LogP contribution in [0.1, 0.15) is 0 Å². The Labute approximate surface area is 272 Å². The highest BCUT2D eigenvalue weighted by Gasteiger charge is 2.16. The van der Waals surface area contributed by atoms with Gasteiger partial charge in [0.2, 0.25) is 0 Å². The summed E-state index contributed by atoms with van der Waals surface area (Å²) in [5.41, 5.74) is 12.3. The van der Waals surface area contributed by atoms with Crippen LogP contribution in [0.4, 0.5) is 0 Å². The first kappa shape index (κ1) is 27.0. The van der Waals surface area contributed by atoms with Crippen LogP contribution in [0.5, 0.6) is 0 Å². The number of imidazole rings is 1. The molecule has 0 radical (unpaired) electrons. The number of pyridine rings is 1. The molecule has 0 fully saturated rings. The first-order valence-electron chi connectivity index (χ1n) is 15.8. The predicted molar refractivity (Wildman–Crippen MR) is 193 cm³/mol. The molecule has 9 rings (SSSR count). The zero-order chi connectivity index (χ0) is 31.2. The summed E-state index contributed by atoms with van der Waals surface area (Å²) >= 11 is 0. The molecule has 3 heterocycles. The van der Waals surface area contributed by atoms with Crippen LogP contribution < -0.4 is 0 Å².